The van der Waals surface area contributed by atoms with E-state index in [-0.39, 0.29) is 29.9 Å². The molecule has 1 aromatic carbocycles. The fourth-order valence-electron chi connectivity index (χ4n) is 4.28. The number of nitrogens with zero attached hydrogens (tertiary/aromatic N) is 2. The van der Waals surface area contributed by atoms with Crippen molar-refractivity contribution in [2.24, 2.45) is 5.92 Å². The maximum Gasteiger partial charge on any atom is 0.225 e. The largest absolute Gasteiger partial charge is 0.380 e. The molecule has 1 unspecified atom stereocenters. The Morgan fingerprint density at radius 1 is 1.19 bits per heavy atom. The number of nitrogens with one attached hydrogen (secondary N) is 1. The Labute approximate surface area is 181 Å². The normalized spacial score (nSPS) is 22.8. The number of benzene rings is 1. The summed E-state index contributed by atoms with van der Waals surface area (Å²) >= 11 is 0. The number of hydrogen-bond acceptors (Lipinski definition) is 4. The highest BCUT2D eigenvalue weighted by molar-refractivity contribution is 7.85. The molecule has 31 heavy (non-hydrogen) atoms. The van der Waals surface area contributed by atoms with Gasteiger partial charge in [-0.3, -0.25) is 14.0 Å². The molecule has 1 amide bonds. The van der Waals surface area contributed by atoms with Gasteiger partial charge in [-0.25, -0.2) is 13.2 Å². The summed E-state index contributed by atoms with van der Waals surface area (Å²) in [5.74, 6) is -2.57. The third kappa shape index (κ3) is 4.76. The number of aromatic nitrogens is 1. The van der Waals surface area contributed by atoms with Gasteiger partial charge < -0.3 is 10.2 Å². The second-order valence-electron chi connectivity index (χ2n) is 8.23. The van der Waals surface area contributed by atoms with E-state index in [0.717, 1.165) is 11.8 Å². The van der Waals surface area contributed by atoms with E-state index in [1.807, 2.05) is 12.1 Å². The highest BCUT2D eigenvalue weighted by atomic mass is 32.2. The Kier molecular flexibility index (Phi) is 6.31. The van der Waals surface area contributed by atoms with Crippen LogP contribution in [0, 0.1) is 23.4 Å². The molecular weight excluding hydrogens is 427 g/mol. The molecule has 0 bridgehead atoms. The van der Waals surface area contributed by atoms with Crippen LogP contribution >= 0.6 is 0 Å². The molecule has 1 N–H and O–H groups in total. The van der Waals surface area contributed by atoms with Gasteiger partial charge in [-0.2, -0.15) is 0 Å². The first kappa shape index (κ1) is 21.8. The molecule has 1 aliphatic heterocycles. The van der Waals surface area contributed by atoms with Crippen molar-refractivity contribution in [2.75, 3.05) is 23.9 Å². The molecule has 1 aromatic heterocycles. The molecule has 1 fully saturated rings. The van der Waals surface area contributed by atoms with Crippen LogP contribution in [0.4, 0.5) is 18.9 Å². The highest BCUT2D eigenvalue weighted by Crippen LogP contribution is 2.30. The summed E-state index contributed by atoms with van der Waals surface area (Å²) in [4.78, 5) is 18.6. The van der Waals surface area contributed by atoms with Crippen LogP contribution in [0.1, 0.15) is 29.7 Å². The third-order valence-electron chi connectivity index (χ3n) is 5.98. The maximum absolute atomic E-state index is 14.0. The lowest BCUT2D eigenvalue weighted by molar-refractivity contribution is -0.135. The predicted molar refractivity (Wildman–Crippen MR) is 112 cm³/mol. The Hall–Kier alpha value is -2.42. The van der Waals surface area contributed by atoms with Crippen molar-refractivity contribution in [3.63, 3.8) is 0 Å². The van der Waals surface area contributed by atoms with E-state index in [1.54, 1.807) is 18.1 Å². The second-order valence-corrected chi connectivity index (χ2v) is 9.92. The summed E-state index contributed by atoms with van der Waals surface area (Å²) in [6, 6.07) is 4.52. The lowest BCUT2D eigenvalue weighted by Gasteiger charge is -2.26. The van der Waals surface area contributed by atoms with Crippen LogP contribution < -0.4 is 5.32 Å². The molecule has 4 rings (SSSR count). The van der Waals surface area contributed by atoms with Crippen LogP contribution in [0.15, 0.2) is 24.4 Å². The Balaban J connectivity index is 1.33. The fourth-order valence-corrected chi connectivity index (χ4v) is 5.58. The topological polar surface area (TPSA) is 62.3 Å². The van der Waals surface area contributed by atoms with E-state index in [9.17, 15) is 22.2 Å². The Morgan fingerprint density at radius 3 is 2.61 bits per heavy atom. The summed E-state index contributed by atoms with van der Waals surface area (Å²) < 4.78 is 52.3. The van der Waals surface area contributed by atoms with Crippen molar-refractivity contribution in [1.82, 2.24) is 9.88 Å². The molecule has 1 aliphatic carbocycles. The number of hydrogen-bond donors (Lipinski definition) is 1. The first-order valence-corrected chi connectivity index (χ1v) is 11.8. The quantitative estimate of drug-likeness (QED) is 0.710. The van der Waals surface area contributed by atoms with E-state index in [0.29, 0.717) is 48.6 Å². The van der Waals surface area contributed by atoms with Crippen LogP contribution in [0.25, 0.3) is 0 Å². The lowest BCUT2D eigenvalue weighted by atomic mass is 10.0. The summed E-state index contributed by atoms with van der Waals surface area (Å²) in [5.41, 5.74) is 2.13. The van der Waals surface area contributed by atoms with Gasteiger partial charge >= 0.3 is 0 Å². The zero-order chi connectivity index (χ0) is 22.1. The molecule has 9 heteroatoms. The smallest absolute Gasteiger partial charge is 0.225 e. The van der Waals surface area contributed by atoms with Crippen molar-refractivity contribution in [3.8, 4) is 0 Å². The van der Waals surface area contributed by atoms with Gasteiger partial charge in [0.25, 0.3) is 0 Å². The number of pyridine rings is 1. The molecular formula is C22H24F3N3O2S. The second kappa shape index (κ2) is 8.98. The van der Waals surface area contributed by atoms with Crippen LogP contribution in [0.2, 0.25) is 0 Å². The number of anilines is 1. The Bertz CT molecular complexity index is 1010. The van der Waals surface area contributed by atoms with E-state index in [1.165, 1.54) is 0 Å². The van der Waals surface area contributed by atoms with Crippen molar-refractivity contribution < 1.29 is 22.2 Å². The lowest BCUT2D eigenvalue weighted by Crippen LogP contribution is -2.36. The van der Waals surface area contributed by atoms with E-state index < -0.39 is 28.3 Å². The zero-order valence-corrected chi connectivity index (χ0v) is 18.0. The predicted octanol–water partition coefficient (Wildman–Crippen LogP) is 3.20. The molecule has 2 heterocycles. The van der Waals surface area contributed by atoms with Crippen LogP contribution in [0.3, 0.4) is 0 Å². The minimum absolute atomic E-state index is 0.0471. The van der Waals surface area contributed by atoms with Gasteiger partial charge in [0.15, 0.2) is 17.5 Å². The first-order chi connectivity index (χ1) is 14.8. The number of fused-ring (bicyclic) bond motifs is 1. The minimum atomic E-state index is -1.43. The molecule has 0 spiro atoms. The zero-order valence-electron chi connectivity index (χ0n) is 17.2. The van der Waals surface area contributed by atoms with E-state index in [4.69, 9.17) is 0 Å². The summed E-state index contributed by atoms with van der Waals surface area (Å²) in [6.07, 6.45) is 3.62. The average Bonchev–Trinajstić information content (AvgIpc) is 3.16. The molecule has 5 nitrogen and oxygen atoms in total. The van der Waals surface area contributed by atoms with Gasteiger partial charge in [0.2, 0.25) is 5.91 Å². The molecule has 2 aromatic rings. The monoisotopic (exact) mass is 451 g/mol. The number of carbonyl (C=O) groups is 1. The van der Waals surface area contributed by atoms with Gasteiger partial charge in [-0.05, 0) is 55.0 Å². The first-order valence-electron chi connectivity index (χ1n) is 10.3. The van der Waals surface area contributed by atoms with Crippen molar-refractivity contribution in [1.29, 1.82) is 0 Å². The number of carbonyl (C=O) groups excluding carboxylic acids is 1. The molecule has 2 aliphatic rings. The molecule has 1 saturated heterocycles. The van der Waals surface area contributed by atoms with E-state index >= 15 is 0 Å². The summed E-state index contributed by atoms with van der Waals surface area (Å²) in [6.45, 7) is 0.372. The molecule has 166 valence electrons. The van der Waals surface area contributed by atoms with Crippen LogP contribution in [-0.2, 0) is 35.0 Å². The van der Waals surface area contributed by atoms with Crippen LogP contribution in [-0.4, -0.2) is 44.6 Å². The number of halogens is 3. The summed E-state index contributed by atoms with van der Waals surface area (Å²) in [5, 5.41) is 3.23. The third-order valence-corrected chi connectivity index (χ3v) is 7.36. The van der Waals surface area contributed by atoms with Gasteiger partial charge in [0, 0.05) is 41.3 Å². The maximum atomic E-state index is 14.0. The number of rotatable bonds is 5. The van der Waals surface area contributed by atoms with Gasteiger partial charge in [0.05, 0.1) is 24.1 Å². The highest BCUT2D eigenvalue weighted by Gasteiger charge is 2.29. The summed E-state index contributed by atoms with van der Waals surface area (Å²) in [7, 11) is 0.942. The van der Waals surface area contributed by atoms with Crippen molar-refractivity contribution >= 4 is 22.4 Å². The van der Waals surface area contributed by atoms with Crippen molar-refractivity contribution in [2.45, 2.75) is 38.3 Å². The van der Waals surface area contributed by atoms with Gasteiger partial charge in [0.1, 0.15) is 0 Å². The van der Waals surface area contributed by atoms with Gasteiger partial charge in [-0.1, -0.05) is 0 Å². The number of amides is 1. The minimum Gasteiger partial charge on any atom is -0.380 e. The molecule has 1 atom stereocenters. The van der Waals surface area contributed by atoms with Crippen LogP contribution in [0.5, 0.6) is 0 Å². The molecule has 0 saturated carbocycles. The average molecular weight is 452 g/mol. The Morgan fingerprint density at radius 2 is 1.94 bits per heavy atom. The van der Waals surface area contributed by atoms with Gasteiger partial charge in [-0.15, -0.1) is 0 Å². The standard InChI is InChI=1S/C22H24F3N3O2S/c1-28(22(29)13-4-6-31(30)7-5-13)12-16-3-2-15(11-26-16)27-17-8-14-9-19(23)21(25)20(24)18(14)10-17/h2-3,9,11,13,17,27H,4-8,10,12H2,1H3. The molecule has 0 radical (unpaired) electrons. The van der Waals surface area contributed by atoms with E-state index in [2.05, 4.69) is 10.3 Å². The fraction of sp³-hybridized carbons (Fsp3) is 0.455. The van der Waals surface area contributed by atoms with Crippen molar-refractivity contribution in [3.05, 3.63) is 58.7 Å². The SMILES string of the molecule is CN(Cc1ccc(NC2Cc3cc(F)c(F)c(F)c3C2)cn1)C(=O)C1CCS(=O)CC1.